The first kappa shape index (κ1) is 16.5. The third kappa shape index (κ3) is 3.42. The van der Waals surface area contributed by atoms with Gasteiger partial charge in [0, 0.05) is 12.0 Å². The average molecular weight is 343 g/mol. The first-order valence-corrected chi connectivity index (χ1v) is 8.54. The number of nitrogens with zero attached hydrogens (tertiary/aromatic N) is 3. The molecule has 0 unspecified atom stereocenters. The van der Waals surface area contributed by atoms with Crippen molar-refractivity contribution in [1.29, 1.82) is 0 Å². The van der Waals surface area contributed by atoms with Crippen LogP contribution in [0.2, 0.25) is 0 Å². The maximum atomic E-state index is 10.9. The van der Waals surface area contributed by atoms with Crippen molar-refractivity contribution in [2.75, 3.05) is 12.4 Å². The first-order chi connectivity index (χ1) is 11.7. The first-order valence-electron chi connectivity index (χ1n) is 7.55. The molecule has 1 N–H and O–H groups in total. The fourth-order valence-corrected chi connectivity index (χ4v) is 3.14. The molecule has 1 aromatic heterocycles. The van der Waals surface area contributed by atoms with E-state index in [0.717, 1.165) is 28.2 Å². The van der Waals surface area contributed by atoms with Crippen LogP contribution in [0.15, 0.2) is 47.6 Å². The summed E-state index contributed by atoms with van der Waals surface area (Å²) in [7, 11) is 0. The van der Waals surface area contributed by atoms with Gasteiger partial charge in [0.15, 0.2) is 11.0 Å². The van der Waals surface area contributed by atoms with Crippen LogP contribution in [0, 0.1) is 0 Å². The lowest BCUT2D eigenvalue weighted by molar-refractivity contribution is -0.133. The molecule has 0 saturated heterocycles. The minimum atomic E-state index is -0.890. The average Bonchev–Trinajstić information content (AvgIpc) is 3.00. The van der Waals surface area contributed by atoms with Crippen LogP contribution in [0.3, 0.4) is 0 Å². The van der Waals surface area contributed by atoms with E-state index in [1.54, 1.807) is 0 Å². The molecular formula is C17H17N3O3S. The lowest BCUT2D eigenvalue weighted by atomic mass is 10.1. The van der Waals surface area contributed by atoms with Crippen molar-refractivity contribution in [3.8, 4) is 5.69 Å². The van der Waals surface area contributed by atoms with Crippen molar-refractivity contribution in [1.82, 2.24) is 14.8 Å². The number of hydrogen-bond donors (Lipinski definition) is 1. The molecule has 124 valence electrons. The molecule has 0 aliphatic heterocycles. The molecule has 0 amide bonds. The number of carboxylic acid groups (broad SMARTS) is 1. The molecular weight excluding hydrogens is 326 g/mol. The summed E-state index contributed by atoms with van der Waals surface area (Å²) >= 11 is 1.15. The molecule has 3 rings (SSSR count). The normalized spacial score (nSPS) is 11.0. The Morgan fingerprint density at radius 2 is 2.00 bits per heavy atom. The minimum absolute atomic E-state index is 0.0719. The number of benzene rings is 2. The van der Waals surface area contributed by atoms with Crippen LogP contribution < -0.4 is 0 Å². The highest BCUT2D eigenvalue weighted by Crippen LogP contribution is 2.28. The maximum absolute atomic E-state index is 10.9. The molecule has 6 nitrogen and oxygen atoms in total. The predicted molar refractivity (Wildman–Crippen MR) is 92.6 cm³/mol. The predicted octanol–water partition coefficient (Wildman–Crippen LogP) is 3.13. The molecule has 0 bridgehead atoms. The molecule has 3 aromatic rings. The number of aromatic nitrogens is 3. The van der Waals surface area contributed by atoms with Crippen molar-refractivity contribution in [2.45, 2.75) is 18.7 Å². The summed E-state index contributed by atoms with van der Waals surface area (Å²) in [5, 5.41) is 20.0. The van der Waals surface area contributed by atoms with E-state index in [0.29, 0.717) is 24.2 Å². The fraction of sp³-hybridized carbons (Fsp3) is 0.235. The van der Waals surface area contributed by atoms with Crippen LogP contribution in [0.4, 0.5) is 0 Å². The second-order valence-electron chi connectivity index (χ2n) is 5.05. The van der Waals surface area contributed by atoms with Gasteiger partial charge in [0.05, 0.1) is 11.4 Å². The summed E-state index contributed by atoms with van der Waals surface area (Å²) in [6, 6.07) is 14.0. The van der Waals surface area contributed by atoms with Crippen molar-refractivity contribution < 1.29 is 14.6 Å². The fourth-order valence-electron chi connectivity index (χ4n) is 2.45. The largest absolute Gasteiger partial charge is 0.481 e. The summed E-state index contributed by atoms with van der Waals surface area (Å²) in [6.07, 6.45) is 0. The van der Waals surface area contributed by atoms with Gasteiger partial charge in [0.25, 0.3) is 0 Å². The molecule has 0 aliphatic carbocycles. The van der Waals surface area contributed by atoms with Crippen molar-refractivity contribution in [2.24, 2.45) is 0 Å². The highest BCUT2D eigenvalue weighted by molar-refractivity contribution is 7.99. The molecule has 0 saturated carbocycles. The smallest absolute Gasteiger partial charge is 0.313 e. The summed E-state index contributed by atoms with van der Waals surface area (Å²) in [5.41, 5.74) is 0.917. The molecule has 0 atom stereocenters. The van der Waals surface area contributed by atoms with E-state index in [4.69, 9.17) is 9.84 Å². The van der Waals surface area contributed by atoms with Gasteiger partial charge < -0.3 is 9.84 Å². The number of aliphatic carboxylic acids is 1. The van der Waals surface area contributed by atoms with Gasteiger partial charge >= 0.3 is 5.97 Å². The Labute approximate surface area is 143 Å². The number of ether oxygens (including phenoxy) is 1. The second-order valence-corrected chi connectivity index (χ2v) is 5.99. The molecule has 0 fully saturated rings. The van der Waals surface area contributed by atoms with E-state index >= 15 is 0 Å². The van der Waals surface area contributed by atoms with E-state index < -0.39 is 5.97 Å². The Hall–Kier alpha value is -2.38. The van der Waals surface area contributed by atoms with E-state index in [1.807, 2.05) is 54.0 Å². The van der Waals surface area contributed by atoms with Crippen molar-refractivity contribution in [3.05, 3.63) is 48.3 Å². The van der Waals surface area contributed by atoms with Crippen molar-refractivity contribution in [3.63, 3.8) is 0 Å². The van der Waals surface area contributed by atoms with Gasteiger partial charge in [-0.15, -0.1) is 10.2 Å². The van der Waals surface area contributed by atoms with E-state index in [9.17, 15) is 4.79 Å². The number of thioether (sulfide) groups is 1. The van der Waals surface area contributed by atoms with Gasteiger partial charge in [-0.05, 0) is 18.4 Å². The lowest BCUT2D eigenvalue weighted by Crippen LogP contribution is -2.07. The zero-order chi connectivity index (χ0) is 16.9. The molecule has 24 heavy (non-hydrogen) atoms. The highest BCUT2D eigenvalue weighted by atomic mass is 32.2. The summed E-state index contributed by atoms with van der Waals surface area (Å²) in [4.78, 5) is 10.9. The third-order valence-corrected chi connectivity index (χ3v) is 4.38. The highest BCUT2D eigenvalue weighted by Gasteiger charge is 2.17. The summed E-state index contributed by atoms with van der Waals surface area (Å²) in [5.74, 6) is -0.308. The van der Waals surface area contributed by atoms with Gasteiger partial charge in [-0.1, -0.05) is 48.2 Å². The van der Waals surface area contributed by atoms with Crippen LogP contribution in [-0.4, -0.2) is 38.2 Å². The number of carbonyl (C=O) groups is 1. The van der Waals surface area contributed by atoms with E-state index in [1.165, 1.54) is 0 Å². The SMILES string of the molecule is CCOCc1nnc(SCC(=O)O)n1-c1cccc2ccccc12. The van der Waals surface area contributed by atoms with Crippen molar-refractivity contribution >= 4 is 28.5 Å². The zero-order valence-electron chi connectivity index (χ0n) is 13.2. The van der Waals surface area contributed by atoms with Crippen LogP contribution >= 0.6 is 11.8 Å². The Bertz CT molecular complexity index is 858. The summed E-state index contributed by atoms with van der Waals surface area (Å²) < 4.78 is 7.36. The number of rotatable bonds is 7. The van der Waals surface area contributed by atoms with Crippen LogP contribution in [0.25, 0.3) is 16.5 Å². The lowest BCUT2D eigenvalue weighted by Gasteiger charge is -2.12. The van der Waals surface area contributed by atoms with Crippen LogP contribution in [0.5, 0.6) is 0 Å². The van der Waals surface area contributed by atoms with E-state index in [-0.39, 0.29) is 5.75 Å². The summed E-state index contributed by atoms with van der Waals surface area (Å²) in [6.45, 7) is 2.80. The molecule has 0 aliphatic rings. The third-order valence-electron chi connectivity index (χ3n) is 3.47. The molecule has 2 aromatic carbocycles. The van der Waals surface area contributed by atoms with Gasteiger partial charge in [-0.3, -0.25) is 9.36 Å². The maximum Gasteiger partial charge on any atom is 0.313 e. The van der Waals surface area contributed by atoms with E-state index in [2.05, 4.69) is 10.2 Å². The molecule has 1 heterocycles. The topological polar surface area (TPSA) is 77.2 Å². The number of carboxylic acids is 1. The van der Waals surface area contributed by atoms with Gasteiger partial charge in [-0.2, -0.15) is 0 Å². The van der Waals surface area contributed by atoms with Gasteiger partial charge in [0.1, 0.15) is 6.61 Å². The van der Waals surface area contributed by atoms with Gasteiger partial charge in [0.2, 0.25) is 0 Å². The van der Waals surface area contributed by atoms with Crippen LogP contribution in [-0.2, 0) is 16.1 Å². The quantitative estimate of drug-likeness (QED) is 0.664. The second kappa shape index (κ2) is 7.46. The van der Waals surface area contributed by atoms with Gasteiger partial charge in [-0.25, -0.2) is 0 Å². The molecule has 0 spiro atoms. The Morgan fingerprint density at radius 1 is 1.21 bits per heavy atom. The van der Waals surface area contributed by atoms with Crippen LogP contribution in [0.1, 0.15) is 12.7 Å². The molecule has 0 radical (unpaired) electrons. The molecule has 7 heteroatoms. The number of hydrogen-bond acceptors (Lipinski definition) is 5. The zero-order valence-corrected chi connectivity index (χ0v) is 14.0. The Morgan fingerprint density at radius 3 is 2.79 bits per heavy atom. The number of fused-ring (bicyclic) bond motifs is 1. The Balaban J connectivity index is 2.11. The standard InChI is InChI=1S/C17H17N3O3S/c1-2-23-10-15-18-19-17(24-11-16(21)22)20(15)14-9-5-7-12-6-3-4-8-13(12)14/h3-9H,2,10-11H2,1H3,(H,21,22). The minimum Gasteiger partial charge on any atom is -0.481 e. The Kier molecular flexibility index (Phi) is 5.12. The monoisotopic (exact) mass is 343 g/mol.